The second-order valence-corrected chi connectivity index (χ2v) is 9.15. The summed E-state index contributed by atoms with van der Waals surface area (Å²) in [4.78, 5) is 44.7. The summed E-state index contributed by atoms with van der Waals surface area (Å²) >= 11 is 17.2. The van der Waals surface area contributed by atoms with Crippen LogP contribution in [0.3, 0.4) is 0 Å². The summed E-state index contributed by atoms with van der Waals surface area (Å²) < 4.78 is 3.49. The third-order valence-corrected chi connectivity index (χ3v) is 4.86. The zero-order valence-electron chi connectivity index (χ0n) is 14.0. The number of Topliss-reactive ketones (excluding diaryl/α,β-unsaturated/α-hetero) is 1. The van der Waals surface area contributed by atoms with E-state index in [0.717, 1.165) is 12.1 Å². The van der Waals surface area contributed by atoms with Crippen molar-refractivity contribution in [2.24, 2.45) is 11.3 Å². The predicted molar refractivity (Wildman–Crippen MR) is 96.1 cm³/mol. The van der Waals surface area contributed by atoms with E-state index in [-0.39, 0.29) is 6.42 Å². The molecule has 2 atom stereocenters. The van der Waals surface area contributed by atoms with Crippen LogP contribution in [-0.2, 0) is 9.53 Å². The number of carbonyl (C=O) groups excluding carboxylic acids is 2. The fourth-order valence-corrected chi connectivity index (χ4v) is 3.37. The van der Waals surface area contributed by atoms with Crippen LogP contribution in [0.15, 0.2) is 18.2 Å². The van der Waals surface area contributed by atoms with Crippen molar-refractivity contribution in [2.45, 2.75) is 30.2 Å². The Morgan fingerprint density at radius 1 is 1.15 bits per heavy atom. The number of carbonyl (C=O) groups is 2. The second kappa shape index (κ2) is 7.21. The Balaban J connectivity index is 2.24. The SMILES string of the molecule is CC1(C)[C@H](OC(=O)c2cc([N+](=O)[O-])cc([N+](=O)[O-])c2)C(=O)[C@@H]1CC(Cl)(Cl)Cl. The summed E-state index contributed by atoms with van der Waals surface area (Å²) in [5, 5.41) is 21.8. The molecule has 0 N–H and O–H groups in total. The molecule has 0 spiro atoms. The van der Waals surface area contributed by atoms with Crippen molar-refractivity contribution in [3.05, 3.63) is 44.0 Å². The molecule has 9 nitrogen and oxygen atoms in total. The Labute approximate surface area is 167 Å². The second-order valence-electron chi connectivity index (χ2n) is 6.63. The summed E-state index contributed by atoms with van der Waals surface area (Å²) in [7, 11) is 0. The monoisotopic (exact) mass is 438 g/mol. The van der Waals surface area contributed by atoms with Crippen LogP contribution >= 0.6 is 34.8 Å². The first-order valence-corrected chi connectivity index (χ1v) is 8.62. The molecule has 1 fully saturated rings. The van der Waals surface area contributed by atoms with Gasteiger partial charge in [-0.2, -0.15) is 0 Å². The summed E-state index contributed by atoms with van der Waals surface area (Å²) in [5.74, 6) is -2.22. The minimum atomic E-state index is -1.66. The highest BCUT2D eigenvalue weighted by Gasteiger charge is 2.60. The molecular weight excluding hydrogens is 427 g/mol. The van der Waals surface area contributed by atoms with E-state index in [1.54, 1.807) is 13.8 Å². The number of ether oxygens (including phenoxy) is 1. The molecule has 1 saturated carbocycles. The molecule has 2 rings (SSSR count). The molecule has 0 amide bonds. The van der Waals surface area contributed by atoms with E-state index < -0.39 is 59.8 Å². The van der Waals surface area contributed by atoms with Gasteiger partial charge in [-0.3, -0.25) is 25.0 Å². The molecule has 12 heteroatoms. The molecule has 0 heterocycles. The number of hydrogen-bond acceptors (Lipinski definition) is 7. The maximum Gasteiger partial charge on any atom is 0.339 e. The van der Waals surface area contributed by atoms with Gasteiger partial charge < -0.3 is 4.74 Å². The van der Waals surface area contributed by atoms with Gasteiger partial charge in [-0.15, -0.1) is 0 Å². The van der Waals surface area contributed by atoms with Gasteiger partial charge in [0.25, 0.3) is 11.4 Å². The molecule has 1 aliphatic carbocycles. The zero-order chi connectivity index (χ0) is 20.7. The third kappa shape index (κ3) is 4.48. The molecule has 0 unspecified atom stereocenters. The highest BCUT2D eigenvalue weighted by atomic mass is 35.6. The number of nitro benzene ring substituents is 2. The van der Waals surface area contributed by atoms with E-state index >= 15 is 0 Å². The lowest BCUT2D eigenvalue weighted by Crippen LogP contribution is -2.61. The standard InChI is InChI=1S/C15H13Cl3N2O7/c1-14(2)10(6-15(16,17)18)11(21)12(14)27-13(22)7-3-8(19(23)24)5-9(4-7)20(25)26/h3-5,10,12H,6H2,1-2H3/t10-,12+/m0/s1. The highest BCUT2D eigenvalue weighted by Crippen LogP contribution is 2.51. The summed E-state index contributed by atoms with van der Waals surface area (Å²) in [6.07, 6.45) is -1.24. The van der Waals surface area contributed by atoms with E-state index in [2.05, 4.69) is 0 Å². The average molecular weight is 440 g/mol. The molecule has 0 aromatic heterocycles. The van der Waals surface area contributed by atoms with Crippen molar-refractivity contribution in [3.63, 3.8) is 0 Å². The molecular formula is C15H13Cl3N2O7. The van der Waals surface area contributed by atoms with Crippen molar-refractivity contribution < 1.29 is 24.2 Å². The molecule has 0 bridgehead atoms. The minimum Gasteiger partial charge on any atom is -0.450 e. The quantitative estimate of drug-likeness (QED) is 0.293. The molecule has 1 aliphatic rings. The fraction of sp³-hybridized carbons (Fsp3) is 0.467. The summed E-state index contributed by atoms with van der Waals surface area (Å²) in [6, 6.07) is 2.39. The molecule has 0 radical (unpaired) electrons. The van der Waals surface area contributed by atoms with Gasteiger partial charge >= 0.3 is 5.97 Å². The van der Waals surface area contributed by atoms with E-state index in [1.807, 2.05) is 0 Å². The molecule has 27 heavy (non-hydrogen) atoms. The van der Waals surface area contributed by atoms with Gasteiger partial charge in [-0.1, -0.05) is 48.7 Å². The van der Waals surface area contributed by atoms with Gasteiger partial charge in [-0.25, -0.2) is 4.79 Å². The third-order valence-electron chi connectivity index (χ3n) is 4.40. The number of esters is 1. The van der Waals surface area contributed by atoms with Crippen molar-refractivity contribution in [1.29, 1.82) is 0 Å². The maximum absolute atomic E-state index is 12.3. The number of rotatable bonds is 5. The van der Waals surface area contributed by atoms with Crippen molar-refractivity contribution >= 4 is 57.9 Å². The largest absolute Gasteiger partial charge is 0.450 e. The van der Waals surface area contributed by atoms with E-state index in [9.17, 15) is 29.8 Å². The fourth-order valence-electron chi connectivity index (χ4n) is 2.91. The van der Waals surface area contributed by atoms with E-state index in [1.165, 1.54) is 0 Å². The van der Waals surface area contributed by atoms with Gasteiger partial charge in [-0.05, 0) is 0 Å². The predicted octanol–water partition coefficient (Wildman–Crippen LogP) is 4.01. The van der Waals surface area contributed by atoms with Gasteiger partial charge in [0.15, 0.2) is 15.7 Å². The van der Waals surface area contributed by atoms with Gasteiger partial charge in [0.05, 0.1) is 21.5 Å². The Morgan fingerprint density at radius 2 is 1.63 bits per heavy atom. The van der Waals surface area contributed by atoms with Gasteiger partial charge in [0.1, 0.15) is 0 Å². The van der Waals surface area contributed by atoms with Crippen molar-refractivity contribution in [1.82, 2.24) is 0 Å². The normalized spacial score (nSPS) is 21.3. The van der Waals surface area contributed by atoms with Crippen molar-refractivity contribution in [3.8, 4) is 0 Å². The van der Waals surface area contributed by atoms with Crippen LogP contribution in [-0.4, -0.2) is 31.5 Å². The Hall–Kier alpha value is -1.97. The van der Waals surface area contributed by atoms with Crippen LogP contribution < -0.4 is 0 Å². The molecule has 1 aromatic rings. The number of non-ortho nitro benzene ring substituents is 2. The Bertz CT molecular complexity index is 803. The lowest BCUT2D eigenvalue weighted by molar-refractivity contribution is -0.394. The van der Waals surface area contributed by atoms with Gasteiger partial charge in [0, 0.05) is 29.9 Å². The van der Waals surface area contributed by atoms with E-state index in [0.29, 0.717) is 6.07 Å². The first-order valence-electron chi connectivity index (χ1n) is 7.49. The molecule has 0 saturated heterocycles. The number of nitro groups is 2. The molecule has 1 aromatic carbocycles. The van der Waals surface area contributed by atoms with Crippen LogP contribution in [0.4, 0.5) is 11.4 Å². The number of ketones is 1. The topological polar surface area (TPSA) is 130 Å². The van der Waals surface area contributed by atoms with Crippen LogP contribution in [0.5, 0.6) is 0 Å². The van der Waals surface area contributed by atoms with Crippen LogP contribution in [0.2, 0.25) is 0 Å². The molecule has 0 aliphatic heterocycles. The average Bonchev–Trinajstić information content (AvgIpc) is 2.55. The minimum absolute atomic E-state index is 0.0696. The van der Waals surface area contributed by atoms with Crippen LogP contribution in [0.25, 0.3) is 0 Å². The Kier molecular flexibility index (Phi) is 5.70. The van der Waals surface area contributed by atoms with Crippen LogP contribution in [0, 0.1) is 31.6 Å². The number of alkyl halides is 3. The number of hydrogen-bond donors (Lipinski definition) is 0. The zero-order valence-corrected chi connectivity index (χ0v) is 16.2. The summed E-state index contributed by atoms with van der Waals surface area (Å²) in [5.41, 5.74) is -2.55. The first-order chi connectivity index (χ1) is 12.2. The number of nitrogens with zero attached hydrogens (tertiary/aromatic N) is 2. The maximum atomic E-state index is 12.3. The molecule has 146 valence electrons. The van der Waals surface area contributed by atoms with E-state index in [4.69, 9.17) is 39.5 Å². The van der Waals surface area contributed by atoms with Crippen molar-refractivity contribution in [2.75, 3.05) is 0 Å². The van der Waals surface area contributed by atoms with Gasteiger partial charge in [0.2, 0.25) is 0 Å². The Morgan fingerprint density at radius 3 is 2.00 bits per heavy atom. The number of benzene rings is 1. The van der Waals surface area contributed by atoms with Crippen LogP contribution in [0.1, 0.15) is 30.6 Å². The highest BCUT2D eigenvalue weighted by molar-refractivity contribution is 6.67. The number of halogens is 3. The lowest BCUT2D eigenvalue weighted by Gasteiger charge is -2.49. The lowest BCUT2D eigenvalue weighted by atomic mass is 9.58. The first kappa shape index (κ1) is 21.3. The summed E-state index contributed by atoms with van der Waals surface area (Å²) in [6.45, 7) is 3.28. The smallest absolute Gasteiger partial charge is 0.339 e.